The highest BCUT2D eigenvalue weighted by molar-refractivity contribution is 7.89. The van der Waals surface area contributed by atoms with Crippen molar-refractivity contribution in [3.05, 3.63) is 46.8 Å². The smallest absolute Gasteiger partial charge is 0.240 e. The molecule has 11 heteroatoms. The number of piperazine rings is 1. The van der Waals surface area contributed by atoms with Crippen molar-refractivity contribution in [2.45, 2.75) is 19.4 Å². The molecule has 3 rings (SSSR count). The van der Waals surface area contributed by atoms with E-state index in [1.165, 1.54) is 27.5 Å². The van der Waals surface area contributed by atoms with Gasteiger partial charge in [-0.15, -0.1) is 11.3 Å². The van der Waals surface area contributed by atoms with E-state index in [9.17, 15) is 18.0 Å². The number of anilines is 1. The molecule has 1 saturated heterocycles. The Morgan fingerprint density at radius 3 is 2.41 bits per heavy atom. The number of likely N-dealkylation sites (N-methyl/N-ethyl adjacent to an activating group) is 1. The summed E-state index contributed by atoms with van der Waals surface area (Å²) in [6.07, 6.45) is 0.221. The first kappa shape index (κ1) is 24.3. The normalized spacial score (nSPS) is 17.6. The zero-order chi connectivity index (χ0) is 23.3. The fourth-order valence-corrected chi connectivity index (χ4v) is 5.92. The van der Waals surface area contributed by atoms with Gasteiger partial charge in [0.15, 0.2) is 0 Å². The number of aromatic nitrogens is 1. The molecule has 1 aliphatic rings. The van der Waals surface area contributed by atoms with Crippen molar-refractivity contribution in [1.82, 2.24) is 14.2 Å². The summed E-state index contributed by atoms with van der Waals surface area (Å²) in [6.45, 7) is 3.58. The van der Waals surface area contributed by atoms with Crippen LogP contribution >= 0.6 is 11.3 Å². The molecule has 2 N–H and O–H groups in total. The quantitative estimate of drug-likeness (QED) is 0.568. The van der Waals surface area contributed by atoms with Crippen molar-refractivity contribution < 1.29 is 18.0 Å². The van der Waals surface area contributed by atoms with Crippen molar-refractivity contribution >= 4 is 39.0 Å². The van der Waals surface area contributed by atoms with E-state index in [2.05, 4.69) is 9.88 Å². The number of hydrogen-bond donors (Lipinski definition) is 1. The first-order valence-electron chi connectivity index (χ1n) is 10.4. The lowest BCUT2D eigenvalue weighted by molar-refractivity contribution is -0.126. The highest BCUT2D eigenvalue weighted by Gasteiger charge is 2.37. The Hall–Kier alpha value is -2.34. The van der Waals surface area contributed by atoms with Gasteiger partial charge in [0.2, 0.25) is 21.8 Å². The maximum absolute atomic E-state index is 13.7. The molecule has 174 valence electrons. The van der Waals surface area contributed by atoms with E-state index in [1.807, 2.05) is 37.4 Å². The number of thiazole rings is 1. The number of amides is 2. The van der Waals surface area contributed by atoms with E-state index in [0.29, 0.717) is 32.0 Å². The Balaban J connectivity index is 1.92. The molecule has 2 aromatic rings. The lowest BCUT2D eigenvalue weighted by Gasteiger charge is -2.34. The van der Waals surface area contributed by atoms with E-state index in [0.717, 1.165) is 5.56 Å². The third-order valence-corrected chi connectivity index (χ3v) is 8.19. The van der Waals surface area contributed by atoms with Crippen LogP contribution in [0.4, 0.5) is 5.82 Å². The van der Waals surface area contributed by atoms with Crippen LogP contribution in [0, 0.1) is 5.92 Å². The summed E-state index contributed by atoms with van der Waals surface area (Å²) < 4.78 is 27.9. The van der Waals surface area contributed by atoms with E-state index < -0.39 is 33.8 Å². The van der Waals surface area contributed by atoms with Crippen LogP contribution < -0.4 is 10.6 Å². The van der Waals surface area contributed by atoms with Gasteiger partial charge in [0.05, 0.1) is 17.2 Å². The topological polar surface area (TPSA) is 117 Å². The summed E-state index contributed by atoms with van der Waals surface area (Å²) in [4.78, 5) is 33.1. The summed E-state index contributed by atoms with van der Waals surface area (Å²) in [6, 6.07) is 8.29. The van der Waals surface area contributed by atoms with Gasteiger partial charge >= 0.3 is 0 Å². The molecule has 1 fully saturated rings. The van der Waals surface area contributed by atoms with E-state index in [1.54, 1.807) is 10.9 Å². The fraction of sp³-hybridized carbons (Fsp3) is 0.476. The van der Waals surface area contributed by atoms with Crippen LogP contribution in [0.1, 0.15) is 12.5 Å². The molecule has 0 aliphatic carbocycles. The number of sulfonamides is 1. The molecule has 1 aromatic carbocycles. The Kier molecular flexibility index (Phi) is 7.99. The maximum Gasteiger partial charge on any atom is 0.240 e. The zero-order valence-corrected chi connectivity index (χ0v) is 19.9. The van der Waals surface area contributed by atoms with Crippen molar-refractivity contribution in [3.63, 3.8) is 0 Å². The number of nitrogens with two attached hydrogens (primary N) is 1. The predicted octanol–water partition coefficient (Wildman–Crippen LogP) is 0.786. The van der Waals surface area contributed by atoms with Gasteiger partial charge in [0.1, 0.15) is 11.9 Å². The third-order valence-electron chi connectivity index (χ3n) is 5.64. The molecule has 1 aromatic heterocycles. The Bertz CT molecular complexity index is 1010. The van der Waals surface area contributed by atoms with Gasteiger partial charge in [-0.2, -0.15) is 4.31 Å². The molecule has 0 saturated carbocycles. The maximum atomic E-state index is 13.7. The Morgan fingerprint density at radius 2 is 1.84 bits per heavy atom. The summed E-state index contributed by atoms with van der Waals surface area (Å²) in [5, 5.41) is 1.64. The minimum atomic E-state index is -3.69. The molecule has 1 aliphatic heterocycles. The van der Waals surface area contributed by atoms with Gasteiger partial charge in [-0.25, -0.2) is 13.4 Å². The van der Waals surface area contributed by atoms with Gasteiger partial charge in [0.25, 0.3) is 0 Å². The summed E-state index contributed by atoms with van der Waals surface area (Å²) >= 11 is 1.28. The van der Waals surface area contributed by atoms with Crippen LogP contribution in [0.5, 0.6) is 0 Å². The molecule has 2 unspecified atom stereocenters. The summed E-state index contributed by atoms with van der Waals surface area (Å²) in [5.41, 5.74) is 7.89. The number of primary amides is 1. The molecule has 2 atom stereocenters. The third kappa shape index (κ3) is 5.91. The highest BCUT2D eigenvalue weighted by atomic mass is 32.2. The number of nitrogens with zero attached hydrogens (tertiary/aromatic N) is 4. The van der Waals surface area contributed by atoms with Crippen molar-refractivity contribution in [1.29, 1.82) is 0 Å². The highest BCUT2D eigenvalue weighted by Crippen LogP contribution is 2.24. The Morgan fingerprint density at radius 1 is 1.19 bits per heavy atom. The lowest BCUT2D eigenvalue weighted by atomic mass is 9.99. The predicted molar refractivity (Wildman–Crippen MR) is 125 cm³/mol. The summed E-state index contributed by atoms with van der Waals surface area (Å²) in [5.74, 6) is -2.13. The van der Waals surface area contributed by atoms with Gasteiger partial charge < -0.3 is 10.6 Å². The van der Waals surface area contributed by atoms with Crippen LogP contribution in [-0.4, -0.2) is 79.4 Å². The van der Waals surface area contributed by atoms with Gasteiger partial charge in [-0.3, -0.25) is 14.5 Å². The largest absolute Gasteiger partial charge is 0.368 e. The second-order valence-corrected chi connectivity index (χ2v) is 10.7. The van der Waals surface area contributed by atoms with Crippen LogP contribution in [0.3, 0.4) is 0 Å². The zero-order valence-electron chi connectivity index (χ0n) is 18.3. The molecular formula is C21H29N5O4S2. The van der Waals surface area contributed by atoms with Gasteiger partial charge in [0, 0.05) is 31.6 Å². The number of hydrogen-bond acceptors (Lipinski definition) is 7. The molecule has 0 spiro atoms. The van der Waals surface area contributed by atoms with Crippen molar-refractivity contribution in [2.24, 2.45) is 11.7 Å². The second kappa shape index (κ2) is 10.5. The molecule has 0 radical (unpaired) electrons. The summed E-state index contributed by atoms with van der Waals surface area (Å²) in [7, 11) is -1.75. The number of carbonyl (C=O) groups excluding carboxylic acids is 2. The monoisotopic (exact) mass is 479 g/mol. The average molecular weight is 480 g/mol. The van der Waals surface area contributed by atoms with Crippen molar-refractivity contribution in [2.75, 3.05) is 43.9 Å². The van der Waals surface area contributed by atoms with Crippen molar-refractivity contribution in [3.8, 4) is 0 Å². The Labute approximate surface area is 192 Å². The molecule has 2 heterocycles. The van der Waals surface area contributed by atoms with Crippen LogP contribution in [-0.2, 0) is 26.0 Å². The van der Waals surface area contributed by atoms with Gasteiger partial charge in [-0.1, -0.05) is 30.3 Å². The standard InChI is InChI=1S/C21H29N5O4S2/c1-16(20(22)27)26(19-13-31-15-23-19)21(28)18(12-17-6-4-3-5-7-17)14-32(29,30)25-10-8-24(2)9-11-25/h3-7,13,15-16,18H,8-12,14H2,1-2H3,(H2,22,27). The van der Waals surface area contributed by atoms with Gasteiger partial charge in [-0.05, 0) is 26.0 Å². The fourth-order valence-electron chi connectivity index (χ4n) is 3.69. The van der Waals surface area contributed by atoms with E-state index in [-0.39, 0.29) is 12.2 Å². The molecule has 9 nitrogen and oxygen atoms in total. The number of carbonyl (C=O) groups is 2. The minimum absolute atomic E-state index is 0.221. The molecule has 0 bridgehead atoms. The van der Waals surface area contributed by atoms with Crippen LogP contribution in [0.25, 0.3) is 0 Å². The molecular weight excluding hydrogens is 450 g/mol. The second-order valence-electron chi connectivity index (χ2n) is 8.00. The molecule has 32 heavy (non-hydrogen) atoms. The lowest BCUT2D eigenvalue weighted by Crippen LogP contribution is -2.52. The first-order chi connectivity index (χ1) is 15.2. The first-order valence-corrected chi connectivity index (χ1v) is 12.9. The molecule has 2 amide bonds. The number of benzene rings is 1. The number of rotatable bonds is 9. The SMILES string of the molecule is CC(C(N)=O)N(C(=O)C(Cc1ccccc1)CS(=O)(=O)N1CCN(C)CC1)c1cscn1. The van der Waals surface area contributed by atoms with Crippen LogP contribution in [0.15, 0.2) is 41.2 Å². The average Bonchev–Trinajstić information content (AvgIpc) is 3.28. The van der Waals surface area contributed by atoms with E-state index >= 15 is 0 Å². The minimum Gasteiger partial charge on any atom is -0.368 e. The van der Waals surface area contributed by atoms with E-state index in [4.69, 9.17) is 5.73 Å². The van der Waals surface area contributed by atoms with Crippen LogP contribution in [0.2, 0.25) is 0 Å².